The Labute approximate surface area is 195 Å². The van der Waals surface area contributed by atoms with Gasteiger partial charge in [0.25, 0.3) is 11.8 Å². The summed E-state index contributed by atoms with van der Waals surface area (Å²) in [5.41, 5.74) is 0.327. The van der Waals surface area contributed by atoms with Crippen LogP contribution in [0.15, 0.2) is 30.3 Å². The average Bonchev–Trinajstić information content (AvgIpc) is 3.39. The highest BCUT2D eigenvalue weighted by Gasteiger charge is 2.44. The first kappa shape index (κ1) is 22.4. The van der Waals surface area contributed by atoms with Crippen LogP contribution in [-0.2, 0) is 9.53 Å². The molecule has 3 heterocycles. The lowest BCUT2D eigenvalue weighted by Gasteiger charge is -2.38. The van der Waals surface area contributed by atoms with Crippen LogP contribution in [0.1, 0.15) is 28.9 Å². The molecule has 0 saturated carbocycles. The van der Waals surface area contributed by atoms with Crippen LogP contribution in [0.25, 0.3) is 0 Å². The summed E-state index contributed by atoms with van der Waals surface area (Å²) < 4.78 is 5.97. The number of nitrogens with zero attached hydrogens (tertiary/aromatic N) is 2. The van der Waals surface area contributed by atoms with Crippen molar-refractivity contribution in [1.82, 2.24) is 10.3 Å². The minimum absolute atomic E-state index is 0.105. The number of amides is 2. The fraction of sp³-hybridized carbons (Fsp3) is 0.429. The predicted octanol–water partition coefficient (Wildman–Crippen LogP) is 4.03. The number of hydrogen-bond donors (Lipinski definition) is 2. The number of halogens is 2. The summed E-state index contributed by atoms with van der Waals surface area (Å²) in [6.07, 6.45) is 2.65. The van der Waals surface area contributed by atoms with Crippen LogP contribution in [0.4, 0.5) is 11.4 Å². The molecule has 2 amide bonds. The Morgan fingerprint density at radius 3 is 2.61 bits per heavy atom. The zero-order valence-corrected chi connectivity index (χ0v) is 19.4. The molecular weight excluding hydrogens is 459 g/mol. The van der Waals surface area contributed by atoms with E-state index in [-0.39, 0.29) is 18.4 Å². The fourth-order valence-corrected chi connectivity index (χ4v) is 5.07. The Bertz CT molecular complexity index is 977. The van der Waals surface area contributed by atoms with Crippen LogP contribution >= 0.6 is 34.5 Å². The molecule has 0 radical (unpaired) electrons. The molecule has 2 N–H and O–H groups in total. The van der Waals surface area contributed by atoms with Crippen molar-refractivity contribution >= 4 is 57.7 Å². The number of hydrazine groups is 1. The maximum absolute atomic E-state index is 13.2. The monoisotopic (exact) mass is 482 g/mol. The van der Waals surface area contributed by atoms with Crippen LogP contribution in [0.3, 0.4) is 0 Å². The van der Waals surface area contributed by atoms with E-state index >= 15 is 0 Å². The summed E-state index contributed by atoms with van der Waals surface area (Å²) in [6, 6.07) is 8.76. The molecule has 2 aliphatic rings. The first-order chi connectivity index (χ1) is 14.9. The largest absolute Gasteiger partial charge is 0.378 e. The van der Waals surface area contributed by atoms with E-state index in [1.807, 2.05) is 19.2 Å². The molecule has 2 aromatic rings. The van der Waals surface area contributed by atoms with E-state index in [1.165, 1.54) is 11.3 Å². The summed E-state index contributed by atoms with van der Waals surface area (Å²) in [5, 5.41) is 10.6. The Balaban J connectivity index is 1.49. The second-order valence-corrected chi connectivity index (χ2v) is 9.90. The Morgan fingerprint density at radius 1 is 1.16 bits per heavy atom. The quantitative estimate of drug-likeness (QED) is 0.672. The molecule has 0 aliphatic carbocycles. The van der Waals surface area contributed by atoms with Crippen LogP contribution in [0, 0.1) is 0 Å². The molecule has 7 nitrogen and oxygen atoms in total. The first-order valence-corrected chi connectivity index (χ1v) is 11.7. The van der Waals surface area contributed by atoms with Gasteiger partial charge in [-0.3, -0.25) is 9.59 Å². The van der Waals surface area contributed by atoms with Crippen molar-refractivity contribution in [2.75, 3.05) is 43.7 Å². The summed E-state index contributed by atoms with van der Waals surface area (Å²) in [4.78, 5) is 26.3. The second kappa shape index (κ2) is 9.34. The minimum Gasteiger partial charge on any atom is -0.378 e. The number of carbonyl (C=O) groups is 2. The molecular formula is C21H24Cl2N4O3S. The molecule has 2 saturated heterocycles. The highest BCUT2D eigenvalue weighted by Crippen LogP contribution is 2.32. The molecule has 1 unspecified atom stereocenters. The van der Waals surface area contributed by atoms with Gasteiger partial charge in [-0.2, -0.15) is 0 Å². The molecule has 10 heteroatoms. The van der Waals surface area contributed by atoms with Crippen molar-refractivity contribution < 1.29 is 14.3 Å². The second-order valence-electron chi connectivity index (χ2n) is 7.77. The number of thiophene rings is 1. The van der Waals surface area contributed by atoms with Crippen LogP contribution < -0.4 is 15.6 Å². The normalized spacial score (nSPS) is 21.8. The number of rotatable bonds is 5. The van der Waals surface area contributed by atoms with Crippen molar-refractivity contribution in [3.63, 3.8) is 0 Å². The van der Waals surface area contributed by atoms with Crippen molar-refractivity contribution in [1.29, 1.82) is 0 Å². The van der Waals surface area contributed by atoms with Crippen LogP contribution in [0.2, 0.25) is 9.36 Å². The maximum Gasteiger partial charge on any atom is 0.262 e. The van der Waals surface area contributed by atoms with Crippen molar-refractivity contribution in [2.24, 2.45) is 0 Å². The molecule has 1 atom stereocenters. The smallest absolute Gasteiger partial charge is 0.262 e. The Kier molecular flexibility index (Phi) is 6.74. The van der Waals surface area contributed by atoms with Gasteiger partial charge in [-0.25, -0.2) is 5.01 Å². The number of benzene rings is 1. The molecule has 4 rings (SSSR count). The highest BCUT2D eigenvalue weighted by molar-refractivity contribution is 7.18. The number of ether oxygens (including phenoxy) is 1. The van der Waals surface area contributed by atoms with Crippen LogP contribution in [-0.4, -0.2) is 55.7 Å². The minimum atomic E-state index is -1.15. The van der Waals surface area contributed by atoms with E-state index < -0.39 is 5.54 Å². The van der Waals surface area contributed by atoms with E-state index in [0.717, 1.165) is 31.6 Å². The molecule has 31 heavy (non-hydrogen) atoms. The van der Waals surface area contributed by atoms with Crippen molar-refractivity contribution in [3.05, 3.63) is 44.6 Å². The molecule has 1 aromatic heterocycles. The van der Waals surface area contributed by atoms with Gasteiger partial charge in [0.15, 0.2) is 0 Å². The van der Waals surface area contributed by atoms with Gasteiger partial charge in [0.05, 0.1) is 26.5 Å². The molecule has 1 aromatic carbocycles. The van der Waals surface area contributed by atoms with Gasteiger partial charge in [-0.1, -0.05) is 23.2 Å². The van der Waals surface area contributed by atoms with E-state index in [2.05, 4.69) is 20.7 Å². The number of anilines is 2. The lowest BCUT2D eigenvalue weighted by Crippen LogP contribution is -2.57. The molecule has 0 spiro atoms. The molecule has 0 bridgehead atoms. The zero-order chi connectivity index (χ0) is 22.0. The van der Waals surface area contributed by atoms with E-state index in [1.54, 1.807) is 18.2 Å². The topological polar surface area (TPSA) is 73.9 Å². The number of hydrogen-bond acceptors (Lipinski definition) is 6. The van der Waals surface area contributed by atoms with Gasteiger partial charge in [-0.05, 0) is 43.2 Å². The maximum atomic E-state index is 13.2. The summed E-state index contributed by atoms with van der Waals surface area (Å²) in [5.74, 6) is -0.682. The third-order valence-corrected chi connectivity index (χ3v) is 7.14. The van der Waals surface area contributed by atoms with Crippen LogP contribution in [0.5, 0.6) is 0 Å². The van der Waals surface area contributed by atoms with Crippen molar-refractivity contribution in [3.8, 4) is 0 Å². The standard InChI is InChI=1S/C21H24Cl2N4O3S/c1-26-9-2-3-10-27(26)16-5-4-14(12-15(16)22)24-20(29)21(8-11-30-13-21)25-19(28)17-6-7-18(23)31-17/h4-7,12H,2-3,8-11,13H2,1H3,(H,24,29)(H,25,28). The average molecular weight is 483 g/mol. The third kappa shape index (κ3) is 4.83. The third-order valence-electron chi connectivity index (χ3n) is 5.60. The number of nitrogens with one attached hydrogen (secondary N) is 2. The van der Waals surface area contributed by atoms with Gasteiger partial charge in [0.1, 0.15) is 5.54 Å². The predicted molar refractivity (Wildman–Crippen MR) is 124 cm³/mol. The van der Waals surface area contributed by atoms with Gasteiger partial charge in [0.2, 0.25) is 0 Å². The lowest BCUT2D eigenvalue weighted by atomic mass is 9.97. The lowest BCUT2D eigenvalue weighted by molar-refractivity contribution is -0.122. The summed E-state index contributed by atoms with van der Waals surface area (Å²) in [7, 11) is 2.04. The highest BCUT2D eigenvalue weighted by atomic mass is 35.5. The van der Waals surface area contributed by atoms with Gasteiger partial charge in [-0.15, -0.1) is 11.3 Å². The molecule has 2 fully saturated rings. The van der Waals surface area contributed by atoms with Gasteiger partial charge in [0, 0.05) is 38.9 Å². The SMILES string of the molecule is CN1CCCCN1c1ccc(NC(=O)C2(NC(=O)c3ccc(Cl)s3)CCOC2)cc1Cl. The Morgan fingerprint density at radius 2 is 1.97 bits per heavy atom. The fourth-order valence-electron chi connectivity index (χ4n) is 3.86. The van der Waals surface area contributed by atoms with E-state index in [0.29, 0.717) is 33.0 Å². The Hall–Kier alpha value is -1.84. The van der Waals surface area contributed by atoms with Gasteiger partial charge >= 0.3 is 0 Å². The summed E-state index contributed by atoms with van der Waals surface area (Å²) >= 11 is 13.6. The first-order valence-electron chi connectivity index (χ1n) is 10.1. The zero-order valence-electron chi connectivity index (χ0n) is 17.1. The summed E-state index contributed by atoms with van der Waals surface area (Å²) in [6.45, 7) is 2.38. The van der Waals surface area contributed by atoms with E-state index in [9.17, 15) is 9.59 Å². The molecule has 2 aliphatic heterocycles. The van der Waals surface area contributed by atoms with Crippen molar-refractivity contribution in [2.45, 2.75) is 24.8 Å². The van der Waals surface area contributed by atoms with Gasteiger partial charge < -0.3 is 20.4 Å². The molecule has 166 valence electrons. The van der Waals surface area contributed by atoms with E-state index in [4.69, 9.17) is 27.9 Å². The number of carbonyl (C=O) groups excluding carboxylic acids is 2.